The van der Waals surface area contributed by atoms with Crippen molar-refractivity contribution in [1.82, 2.24) is 4.98 Å². The number of hydrogen-bond donors (Lipinski definition) is 1. The van der Waals surface area contributed by atoms with Gasteiger partial charge in [0.25, 0.3) is 0 Å². The molecule has 5 nitrogen and oxygen atoms in total. The molecule has 0 radical (unpaired) electrons. The van der Waals surface area contributed by atoms with Gasteiger partial charge in [0.1, 0.15) is 5.82 Å². The minimum atomic E-state index is -3.79. The highest BCUT2D eigenvalue weighted by molar-refractivity contribution is 7.90. The van der Waals surface area contributed by atoms with E-state index in [9.17, 15) is 17.6 Å². The molecule has 1 heterocycles. The van der Waals surface area contributed by atoms with Gasteiger partial charge in [-0.2, -0.15) is 0 Å². The maximum absolute atomic E-state index is 13.1. The fraction of sp³-hybridized carbons (Fsp3) is 0.143. The molecule has 0 spiro atoms. The van der Waals surface area contributed by atoms with Gasteiger partial charge in [-0.1, -0.05) is 6.07 Å². The van der Waals surface area contributed by atoms with E-state index in [0.29, 0.717) is 0 Å². The van der Waals surface area contributed by atoms with Crippen LogP contribution in [0.1, 0.15) is 21.5 Å². The van der Waals surface area contributed by atoms with Crippen LogP contribution in [0.3, 0.4) is 0 Å². The first-order valence-electron chi connectivity index (χ1n) is 5.96. The molecule has 0 atom stereocenters. The van der Waals surface area contributed by atoms with Gasteiger partial charge < -0.3 is 5.11 Å². The van der Waals surface area contributed by atoms with Crippen LogP contribution in [0, 0.1) is 12.7 Å². The predicted octanol–water partition coefficient (Wildman–Crippen LogP) is 2.20. The SMILES string of the molecule is Cc1c(C(=O)O)cccc1S(=O)(=O)Cc1cncc(F)c1. The summed E-state index contributed by atoms with van der Waals surface area (Å²) < 4.78 is 37.8. The summed E-state index contributed by atoms with van der Waals surface area (Å²) in [6.45, 7) is 1.43. The van der Waals surface area contributed by atoms with Crippen molar-refractivity contribution in [2.24, 2.45) is 0 Å². The molecule has 2 aromatic rings. The molecule has 0 amide bonds. The molecule has 0 aliphatic rings. The van der Waals surface area contributed by atoms with Gasteiger partial charge in [0.2, 0.25) is 0 Å². The molecule has 0 aliphatic carbocycles. The Labute approximate surface area is 121 Å². The quantitative estimate of drug-likeness (QED) is 0.936. The van der Waals surface area contributed by atoms with E-state index in [4.69, 9.17) is 5.11 Å². The lowest BCUT2D eigenvalue weighted by molar-refractivity contribution is 0.0696. The van der Waals surface area contributed by atoms with E-state index in [1.807, 2.05) is 0 Å². The van der Waals surface area contributed by atoms with Crippen molar-refractivity contribution in [1.29, 1.82) is 0 Å². The van der Waals surface area contributed by atoms with Crippen LogP contribution in [0.15, 0.2) is 41.6 Å². The van der Waals surface area contributed by atoms with Crippen LogP contribution >= 0.6 is 0 Å². The topological polar surface area (TPSA) is 84.3 Å². The zero-order valence-corrected chi connectivity index (χ0v) is 11.9. The lowest BCUT2D eigenvalue weighted by Crippen LogP contribution is -2.10. The minimum Gasteiger partial charge on any atom is -0.478 e. The molecule has 0 saturated carbocycles. The summed E-state index contributed by atoms with van der Waals surface area (Å²) in [6, 6.07) is 5.12. The second-order valence-electron chi connectivity index (χ2n) is 4.50. The van der Waals surface area contributed by atoms with Crippen LogP contribution in [0.2, 0.25) is 0 Å². The number of pyridine rings is 1. The predicted molar refractivity (Wildman–Crippen MR) is 73.2 cm³/mol. The first kappa shape index (κ1) is 15.1. The molecule has 0 bridgehead atoms. The summed E-state index contributed by atoms with van der Waals surface area (Å²) in [5.74, 6) is -2.27. The van der Waals surface area contributed by atoms with Crippen LogP contribution in [-0.4, -0.2) is 24.5 Å². The van der Waals surface area contributed by atoms with Gasteiger partial charge in [0, 0.05) is 6.20 Å². The lowest BCUT2D eigenvalue weighted by Gasteiger charge is -2.09. The number of carboxylic acid groups (broad SMARTS) is 1. The van der Waals surface area contributed by atoms with E-state index >= 15 is 0 Å². The molecule has 1 aromatic carbocycles. The first-order valence-corrected chi connectivity index (χ1v) is 7.61. The van der Waals surface area contributed by atoms with Gasteiger partial charge in [0.05, 0.1) is 22.4 Å². The van der Waals surface area contributed by atoms with Crippen LogP contribution in [0.25, 0.3) is 0 Å². The van der Waals surface area contributed by atoms with Crippen molar-refractivity contribution in [3.63, 3.8) is 0 Å². The summed E-state index contributed by atoms with van der Waals surface area (Å²) in [4.78, 5) is 14.6. The number of carboxylic acids is 1. The van der Waals surface area contributed by atoms with Crippen LogP contribution < -0.4 is 0 Å². The fourth-order valence-electron chi connectivity index (χ4n) is 2.02. The minimum absolute atomic E-state index is 0.0755. The summed E-state index contributed by atoms with van der Waals surface area (Å²) >= 11 is 0. The summed E-state index contributed by atoms with van der Waals surface area (Å²) in [6.07, 6.45) is 2.24. The molecule has 2 rings (SSSR count). The lowest BCUT2D eigenvalue weighted by atomic mass is 10.1. The molecule has 1 aromatic heterocycles. The molecule has 110 valence electrons. The van der Waals surface area contributed by atoms with Crippen molar-refractivity contribution in [3.8, 4) is 0 Å². The van der Waals surface area contributed by atoms with Gasteiger partial charge in [-0.25, -0.2) is 17.6 Å². The zero-order chi connectivity index (χ0) is 15.6. The van der Waals surface area contributed by atoms with E-state index in [-0.39, 0.29) is 21.6 Å². The highest BCUT2D eigenvalue weighted by atomic mass is 32.2. The Morgan fingerprint density at radius 2 is 2.05 bits per heavy atom. The van der Waals surface area contributed by atoms with Gasteiger partial charge in [-0.3, -0.25) is 4.98 Å². The summed E-state index contributed by atoms with van der Waals surface area (Å²) in [5.41, 5.74) is 0.290. The molecule has 0 aliphatic heterocycles. The monoisotopic (exact) mass is 309 g/mol. The highest BCUT2D eigenvalue weighted by Crippen LogP contribution is 2.23. The smallest absolute Gasteiger partial charge is 0.335 e. The number of aromatic nitrogens is 1. The van der Waals surface area contributed by atoms with Crippen LogP contribution in [0.4, 0.5) is 4.39 Å². The number of carbonyl (C=O) groups is 1. The highest BCUT2D eigenvalue weighted by Gasteiger charge is 2.21. The number of aromatic carboxylic acids is 1. The van der Waals surface area contributed by atoms with Crippen LogP contribution in [0.5, 0.6) is 0 Å². The Kier molecular flexibility index (Phi) is 4.04. The Bertz CT molecular complexity index is 802. The van der Waals surface area contributed by atoms with E-state index in [1.54, 1.807) is 0 Å². The van der Waals surface area contributed by atoms with Gasteiger partial charge >= 0.3 is 5.97 Å². The van der Waals surface area contributed by atoms with Gasteiger partial charge in [0.15, 0.2) is 9.84 Å². The first-order chi connectivity index (χ1) is 9.81. The molecule has 0 saturated heterocycles. The Morgan fingerprint density at radius 1 is 1.33 bits per heavy atom. The van der Waals surface area contributed by atoms with Crippen LogP contribution in [-0.2, 0) is 15.6 Å². The number of sulfone groups is 1. The zero-order valence-electron chi connectivity index (χ0n) is 11.1. The third-order valence-corrected chi connectivity index (χ3v) is 4.79. The van der Waals surface area contributed by atoms with Crippen molar-refractivity contribution in [3.05, 3.63) is 59.2 Å². The fourth-order valence-corrected chi connectivity index (χ4v) is 3.63. The number of halogens is 1. The molecular formula is C14H12FNO4S. The van der Waals surface area contributed by atoms with Gasteiger partial charge in [-0.05, 0) is 36.2 Å². The molecule has 1 N–H and O–H groups in total. The summed E-state index contributed by atoms with van der Waals surface area (Å²) in [7, 11) is -3.79. The number of rotatable bonds is 4. The van der Waals surface area contributed by atoms with E-state index in [1.165, 1.54) is 31.3 Å². The molecule has 0 fully saturated rings. The average molecular weight is 309 g/mol. The van der Waals surface area contributed by atoms with E-state index < -0.39 is 27.4 Å². The second kappa shape index (κ2) is 5.61. The van der Waals surface area contributed by atoms with E-state index in [0.717, 1.165) is 12.3 Å². The molecule has 7 heteroatoms. The number of hydrogen-bond acceptors (Lipinski definition) is 4. The number of nitrogens with zero attached hydrogens (tertiary/aromatic N) is 1. The van der Waals surface area contributed by atoms with Crippen molar-refractivity contribution in [2.75, 3.05) is 0 Å². The van der Waals surface area contributed by atoms with Crippen molar-refractivity contribution in [2.45, 2.75) is 17.6 Å². The standard InChI is InChI=1S/C14H12FNO4S/c1-9-12(14(17)18)3-2-4-13(9)21(19,20)8-10-5-11(15)7-16-6-10/h2-7H,8H2,1H3,(H,17,18). The maximum atomic E-state index is 13.1. The maximum Gasteiger partial charge on any atom is 0.335 e. The Morgan fingerprint density at radius 3 is 2.67 bits per heavy atom. The molecular weight excluding hydrogens is 297 g/mol. The number of benzene rings is 1. The summed E-state index contributed by atoms with van der Waals surface area (Å²) in [5, 5.41) is 9.03. The third kappa shape index (κ3) is 3.25. The van der Waals surface area contributed by atoms with Gasteiger partial charge in [-0.15, -0.1) is 0 Å². The molecule has 0 unspecified atom stereocenters. The van der Waals surface area contributed by atoms with Crippen molar-refractivity contribution < 1.29 is 22.7 Å². The van der Waals surface area contributed by atoms with E-state index in [2.05, 4.69) is 4.98 Å². The van der Waals surface area contributed by atoms with Crippen molar-refractivity contribution >= 4 is 15.8 Å². The largest absolute Gasteiger partial charge is 0.478 e. The second-order valence-corrected chi connectivity index (χ2v) is 6.46. The normalized spacial score (nSPS) is 11.3. The average Bonchev–Trinajstić information content (AvgIpc) is 2.37. The Balaban J connectivity index is 2.45. The molecule has 21 heavy (non-hydrogen) atoms. The Hall–Kier alpha value is -2.28. The third-order valence-electron chi connectivity index (χ3n) is 2.97.